The van der Waals surface area contributed by atoms with Crippen LogP contribution in [0.2, 0.25) is 0 Å². The SMILES string of the molecule is C=CCOC(=O)N(C)Cc1cc(NC(=O)[C@H](C)N)ccc1COC(=O)N(CCN(C)C)Cn1nc2c3c(cc(F)cc3c1=O)N[C@H](c1ccc(F)cc1)[C@H]2c1ncnn1C. The molecule has 0 bridgehead atoms. The number of anilines is 2. The molecule has 0 saturated heterocycles. The molecule has 3 amide bonds. The summed E-state index contributed by atoms with van der Waals surface area (Å²) >= 11 is 0. The topological polar surface area (TPSA) is 195 Å². The second-order valence-electron chi connectivity index (χ2n) is 14.7. The average Bonchev–Trinajstić information content (AvgIpc) is 3.64. The Balaban J connectivity index is 1.35. The molecule has 0 aliphatic carbocycles. The molecule has 3 aromatic carbocycles. The Kier molecular flexibility index (Phi) is 13.2. The number of carbonyl (C=O) groups excluding carboxylic acids is 3. The maximum atomic E-state index is 15.3. The van der Waals surface area contributed by atoms with Gasteiger partial charge in [0, 0.05) is 50.5 Å². The van der Waals surface area contributed by atoms with Crippen LogP contribution in [0.5, 0.6) is 0 Å². The number of nitrogens with zero attached hydrogens (tertiary/aromatic N) is 8. The van der Waals surface area contributed by atoms with Crippen molar-refractivity contribution in [1.29, 1.82) is 0 Å². The van der Waals surface area contributed by atoms with Crippen LogP contribution in [-0.2, 0) is 41.1 Å². The van der Waals surface area contributed by atoms with E-state index < -0.39 is 53.3 Å². The fourth-order valence-electron chi connectivity index (χ4n) is 6.80. The van der Waals surface area contributed by atoms with Crippen LogP contribution in [0.25, 0.3) is 10.8 Å². The zero-order valence-corrected chi connectivity index (χ0v) is 33.9. The normalized spacial score (nSPS) is 14.9. The van der Waals surface area contributed by atoms with E-state index in [0.717, 1.165) is 10.7 Å². The van der Waals surface area contributed by atoms with Crippen molar-refractivity contribution in [3.63, 3.8) is 0 Å². The van der Waals surface area contributed by atoms with Crippen molar-refractivity contribution in [1.82, 2.24) is 39.2 Å². The van der Waals surface area contributed by atoms with Crippen LogP contribution in [0, 0.1) is 11.6 Å². The number of benzene rings is 3. The lowest BCUT2D eigenvalue weighted by atomic mass is 9.83. The van der Waals surface area contributed by atoms with Crippen molar-refractivity contribution < 1.29 is 32.6 Å². The third-order valence-electron chi connectivity index (χ3n) is 9.91. The van der Waals surface area contributed by atoms with Gasteiger partial charge in [0.1, 0.15) is 43.7 Å². The monoisotopic (exact) mass is 827 g/mol. The largest absolute Gasteiger partial charge is 0.445 e. The quantitative estimate of drug-likeness (QED) is 0.127. The number of aromatic nitrogens is 5. The molecule has 5 aromatic rings. The van der Waals surface area contributed by atoms with Crippen molar-refractivity contribution in [2.75, 3.05) is 51.5 Å². The summed E-state index contributed by atoms with van der Waals surface area (Å²) in [5.41, 5.74) is 7.86. The highest BCUT2D eigenvalue weighted by Crippen LogP contribution is 2.46. The van der Waals surface area contributed by atoms with Crippen LogP contribution in [-0.4, -0.2) is 104 Å². The molecule has 0 spiro atoms. The first-order valence-electron chi connectivity index (χ1n) is 19.0. The number of ether oxygens (including phenoxy) is 2. The van der Waals surface area contributed by atoms with Crippen molar-refractivity contribution in [3.8, 4) is 0 Å². The van der Waals surface area contributed by atoms with Gasteiger partial charge in [-0.2, -0.15) is 10.2 Å². The highest BCUT2D eigenvalue weighted by atomic mass is 19.1. The first-order valence-corrected chi connectivity index (χ1v) is 19.0. The summed E-state index contributed by atoms with van der Waals surface area (Å²) in [6.45, 7) is 4.95. The number of hydrogen-bond acceptors (Lipinski definition) is 12. The molecule has 17 nitrogen and oxygen atoms in total. The summed E-state index contributed by atoms with van der Waals surface area (Å²) < 4.78 is 43.1. The molecule has 1 aliphatic rings. The van der Waals surface area contributed by atoms with Gasteiger partial charge in [0.15, 0.2) is 0 Å². The smallest absolute Gasteiger partial charge is 0.411 e. The zero-order chi connectivity index (χ0) is 43.2. The molecule has 4 N–H and O–H groups in total. The third kappa shape index (κ3) is 9.58. The lowest BCUT2D eigenvalue weighted by Gasteiger charge is -2.34. The maximum absolute atomic E-state index is 15.3. The van der Waals surface area contributed by atoms with Gasteiger partial charge in [0.25, 0.3) is 5.56 Å². The van der Waals surface area contributed by atoms with E-state index in [9.17, 15) is 23.6 Å². The Morgan fingerprint density at radius 2 is 1.77 bits per heavy atom. The Hall–Kier alpha value is -6.73. The number of rotatable bonds is 15. The molecule has 19 heteroatoms. The standard InChI is InChI=1S/C41H47F2N11O6/c1-7-16-59-40(57)51(5)20-27-17-30(47-38(55)24(2)44)13-10-26(27)21-60-41(58)53(15-14-50(3)4)23-54-39(56)31-18-29(43)19-32-33(31)36(49-54)34(37-45-22-46-52(37)6)35(48-32)25-8-11-28(42)12-9-25/h7-13,17-19,22,24,34-35,48H,1,14-16,20-21,23,44H2,2-6H3,(H,47,55)/t24-,34+,35+/m0/s1. The lowest BCUT2D eigenvalue weighted by Crippen LogP contribution is -2.42. The molecule has 0 saturated carbocycles. The number of hydrogen-bond donors (Lipinski definition) is 3. The molecule has 3 heterocycles. The van der Waals surface area contributed by atoms with Crippen LogP contribution in [0.15, 0.2) is 78.4 Å². The first kappa shape index (κ1) is 42.9. The van der Waals surface area contributed by atoms with Gasteiger partial charge in [-0.3, -0.25) is 19.2 Å². The summed E-state index contributed by atoms with van der Waals surface area (Å²) in [5.74, 6) is -1.78. The van der Waals surface area contributed by atoms with Crippen molar-refractivity contribution in [2.24, 2.45) is 12.8 Å². The lowest BCUT2D eigenvalue weighted by molar-refractivity contribution is -0.117. The summed E-state index contributed by atoms with van der Waals surface area (Å²) in [5, 5.41) is 15.6. The highest BCUT2D eigenvalue weighted by Gasteiger charge is 2.38. The molecule has 0 unspecified atom stereocenters. The fourth-order valence-corrected chi connectivity index (χ4v) is 6.80. The van der Waals surface area contributed by atoms with Gasteiger partial charge >= 0.3 is 12.2 Å². The van der Waals surface area contributed by atoms with Crippen LogP contribution in [0.3, 0.4) is 0 Å². The number of aryl methyl sites for hydroxylation is 1. The zero-order valence-electron chi connectivity index (χ0n) is 33.9. The minimum absolute atomic E-state index is 0.000251. The van der Waals surface area contributed by atoms with Crippen LogP contribution < -0.4 is 21.9 Å². The molecular formula is C41H47F2N11O6. The Morgan fingerprint density at radius 1 is 1.02 bits per heavy atom. The Bertz CT molecular complexity index is 2450. The number of nitrogens with two attached hydrogens (primary N) is 1. The number of amides is 3. The summed E-state index contributed by atoms with van der Waals surface area (Å²) in [6.07, 6.45) is 1.40. The molecule has 0 radical (unpaired) electrons. The molecule has 6 rings (SSSR count). The van der Waals surface area contributed by atoms with E-state index in [1.165, 1.54) is 47.4 Å². The molecule has 316 valence electrons. The number of halogens is 2. The van der Waals surface area contributed by atoms with Crippen molar-refractivity contribution >= 4 is 40.2 Å². The van der Waals surface area contributed by atoms with E-state index in [1.807, 2.05) is 19.0 Å². The maximum Gasteiger partial charge on any atom is 0.411 e. The second kappa shape index (κ2) is 18.5. The van der Waals surface area contributed by atoms with Gasteiger partial charge in [-0.25, -0.2) is 28.0 Å². The number of likely N-dealkylation sites (N-methyl/N-ethyl adjacent to an activating group) is 1. The minimum atomic E-state index is -0.797. The Labute approximate surface area is 344 Å². The van der Waals surface area contributed by atoms with E-state index >= 15 is 4.39 Å². The van der Waals surface area contributed by atoms with Crippen LogP contribution >= 0.6 is 0 Å². The molecule has 1 aliphatic heterocycles. The van der Waals surface area contributed by atoms with Crippen LogP contribution in [0.4, 0.5) is 29.7 Å². The van der Waals surface area contributed by atoms with Crippen molar-refractivity contribution in [3.05, 3.63) is 124 Å². The van der Waals surface area contributed by atoms with Crippen LogP contribution in [0.1, 0.15) is 47.1 Å². The molecule has 2 aromatic heterocycles. The third-order valence-corrected chi connectivity index (χ3v) is 9.91. The molecule has 3 atom stereocenters. The van der Waals surface area contributed by atoms with Gasteiger partial charge in [0.05, 0.1) is 29.1 Å². The van der Waals surface area contributed by atoms with E-state index in [4.69, 9.17) is 20.3 Å². The Morgan fingerprint density at radius 3 is 2.43 bits per heavy atom. The molecule has 60 heavy (non-hydrogen) atoms. The number of carbonyl (C=O) groups is 3. The van der Waals surface area contributed by atoms with Gasteiger partial charge in [-0.05, 0) is 74.1 Å². The highest BCUT2D eigenvalue weighted by molar-refractivity contribution is 5.97. The van der Waals surface area contributed by atoms with E-state index in [-0.39, 0.29) is 38.4 Å². The van der Waals surface area contributed by atoms with Gasteiger partial charge in [-0.1, -0.05) is 30.9 Å². The van der Waals surface area contributed by atoms with Gasteiger partial charge < -0.3 is 35.6 Å². The first-order chi connectivity index (χ1) is 28.6. The fraction of sp³-hybridized carbons (Fsp3) is 0.341. The summed E-state index contributed by atoms with van der Waals surface area (Å²) in [7, 11) is 6.88. The van der Waals surface area contributed by atoms with Gasteiger partial charge in [0.2, 0.25) is 5.91 Å². The average molecular weight is 828 g/mol. The summed E-state index contributed by atoms with van der Waals surface area (Å²) in [6, 6.07) is 11.7. The second-order valence-corrected chi connectivity index (χ2v) is 14.7. The molecular weight excluding hydrogens is 781 g/mol. The predicted molar refractivity (Wildman–Crippen MR) is 219 cm³/mol. The summed E-state index contributed by atoms with van der Waals surface area (Å²) in [4.78, 5) is 62.3. The van der Waals surface area contributed by atoms with E-state index in [1.54, 1.807) is 49.0 Å². The van der Waals surface area contributed by atoms with Crippen molar-refractivity contribution in [2.45, 2.75) is 44.7 Å². The molecule has 0 fully saturated rings. The van der Waals surface area contributed by atoms with Gasteiger partial charge in [-0.15, -0.1) is 0 Å². The van der Waals surface area contributed by atoms with E-state index in [2.05, 4.69) is 27.3 Å². The minimum Gasteiger partial charge on any atom is -0.445 e. The predicted octanol–water partition coefficient (Wildman–Crippen LogP) is 4.30. The number of nitrogens with one attached hydrogen (secondary N) is 2. The van der Waals surface area contributed by atoms with E-state index in [0.29, 0.717) is 51.5 Å².